The van der Waals surface area contributed by atoms with Gasteiger partial charge in [-0.15, -0.1) is 0 Å². The molecule has 0 radical (unpaired) electrons. The highest BCUT2D eigenvalue weighted by molar-refractivity contribution is 5.94. The van der Waals surface area contributed by atoms with Crippen LogP contribution >= 0.6 is 0 Å². The van der Waals surface area contributed by atoms with E-state index in [0.29, 0.717) is 19.1 Å². The number of nitrogens with one attached hydrogen (secondary N) is 1. The fourth-order valence-corrected chi connectivity index (χ4v) is 2.62. The van der Waals surface area contributed by atoms with E-state index >= 15 is 0 Å². The topological polar surface area (TPSA) is 48.5 Å². The van der Waals surface area contributed by atoms with Crippen molar-refractivity contribution in [1.29, 1.82) is 0 Å². The number of carbonyl (C=O) groups excluding carboxylic acids is 1. The fraction of sp³-hybridized carbons (Fsp3) is 0.538. The maximum atomic E-state index is 13.5. The molecule has 0 aliphatic carbocycles. The van der Waals surface area contributed by atoms with Crippen LogP contribution in [0.2, 0.25) is 0 Å². The molecule has 6 heteroatoms. The molecule has 3 heterocycles. The predicted molar refractivity (Wildman–Crippen MR) is 68.3 cm³/mol. The van der Waals surface area contributed by atoms with Gasteiger partial charge >= 0.3 is 0 Å². The highest BCUT2D eigenvalue weighted by Crippen LogP contribution is 2.19. The lowest BCUT2D eigenvalue weighted by Gasteiger charge is -2.46. The zero-order valence-electron chi connectivity index (χ0n) is 10.7. The van der Waals surface area contributed by atoms with Crippen LogP contribution in [0.15, 0.2) is 18.5 Å². The molecule has 2 fully saturated rings. The van der Waals surface area contributed by atoms with E-state index in [1.165, 1.54) is 12.3 Å². The summed E-state index contributed by atoms with van der Waals surface area (Å²) in [5, 5.41) is 3.31. The van der Waals surface area contributed by atoms with Crippen molar-refractivity contribution >= 4 is 5.91 Å². The van der Waals surface area contributed by atoms with E-state index in [-0.39, 0.29) is 11.5 Å². The number of carbonyl (C=O) groups is 1. The fourth-order valence-electron chi connectivity index (χ4n) is 2.62. The van der Waals surface area contributed by atoms with Crippen molar-refractivity contribution < 1.29 is 9.18 Å². The van der Waals surface area contributed by atoms with Crippen molar-refractivity contribution in [2.75, 3.05) is 39.3 Å². The first kappa shape index (κ1) is 12.5. The lowest BCUT2D eigenvalue weighted by Crippen LogP contribution is -2.63. The van der Waals surface area contributed by atoms with Gasteiger partial charge in [0.2, 0.25) is 0 Å². The number of rotatable bonds is 2. The zero-order chi connectivity index (χ0) is 13.2. The standard InChI is InChI=1S/C13H17FN4O/c14-12-7-16-2-1-11(12)13(19)18-8-10(9-18)17-5-3-15-4-6-17/h1-2,7,10,15H,3-6,8-9H2. The number of aromatic nitrogens is 1. The number of likely N-dealkylation sites (tertiary alicyclic amines) is 1. The van der Waals surface area contributed by atoms with Crippen LogP contribution in [0.4, 0.5) is 4.39 Å². The normalized spacial score (nSPS) is 21.2. The molecule has 1 amide bonds. The van der Waals surface area contributed by atoms with E-state index in [9.17, 15) is 9.18 Å². The van der Waals surface area contributed by atoms with Crippen molar-refractivity contribution in [3.8, 4) is 0 Å². The van der Waals surface area contributed by atoms with Crippen LogP contribution in [0.1, 0.15) is 10.4 Å². The molecule has 2 aliphatic heterocycles. The lowest BCUT2D eigenvalue weighted by molar-refractivity contribution is 0.0223. The Morgan fingerprint density at radius 2 is 2.11 bits per heavy atom. The van der Waals surface area contributed by atoms with Gasteiger partial charge in [0.1, 0.15) is 0 Å². The molecule has 1 N–H and O–H groups in total. The van der Waals surface area contributed by atoms with Crippen LogP contribution in [0, 0.1) is 5.82 Å². The molecule has 0 aromatic carbocycles. The molecule has 1 aromatic heterocycles. The second-order valence-electron chi connectivity index (χ2n) is 5.01. The van der Waals surface area contributed by atoms with Gasteiger partial charge in [-0.3, -0.25) is 14.7 Å². The Kier molecular flexibility index (Phi) is 3.44. The number of nitrogens with zero attached hydrogens (tertiary/aromatic N) is 3. The summed E-state index contributed by atoms with van der Waals surface area (Å²) in [6, 6.07) is 1.87. The van der Waals surface area contributed by atoms with E-state index in [1.807, 2.05) is 0 Å². The molecule has 3 rings (SSSR count). The average molecular weight is 264 g/mol. The number of pyridine rings is 1. The summed E-state index contributed by atoms with van der Waals surface area (Å²) < 4.78 is 13.5. The summed E-state index contributed by atoms with van der Waals surface area (Å²) in [4.78, 5) is 19.9. The van der Waals surface area contributed by atoms with Crippen molar-refractivity contribution in [3.63, 3.8) is 0 Å². The van der Waals surface area contributed by atoms with E-state index in [1.54, 1.807) is 4.90 Å². The highest BCUT2D eigenvalue weighted by Gasteiger charge is 2.36. The Hall–Kier alpha value is -1.53. The number of halogens is 1. The molecule has 0 atom stereocenters. The van der Waals surface area contributed by atoms with Gasteiger partial charge in [0.25, 0.3) is 5.91 Å². The molecule has 2 aliphatic rings. The molecule has 0 saturated carbocycles. The Labute approximate surface area is 111 Å². The van der Waals surface area contributed by atoms with Gasteiger partial charge in [-0.05, 0) is 6.07 Å². The molecule has 0 spiro atoms. The first-order valence-electron chi connectivity index (χ1n) is 6.59. The second-order valence-corrected chi connectivity index (χ2v) is 5.01. The SMILES string of the molecule is O=C(c1ccncc1F)N1CC(N2CCNCC2)C1. The van der Waals surface area contributed by atoms with Gasteiger partial charge in [0.15, 0.2) is 5.82 Å². The molecular formula is C13H17FN4O. The van der Waals surface area contributed by atoms with Crippen LogP contribution in [0.5, 0.6) is 0 Å². The summed E-state index contributed by atoms with van der Waals surface area (Å²) in [6.07, 6.45) is 2.53. The molecule has 0 unspecified atom stereocenters. The van der Waals surface area contributed by atoms with Crippen molar-refractivity contribution in [1.82, 2.24) is 20.1 Å². The van der Waals surface area contributed by atoms with Gasteiger partial charge in [-0.2, -0.15) is 0 Å². The lowest BCUT2D eigenvalue weighted by atomic mass is 10.0. The van der Waals surface area contributed by atoms with Crippen molar-refractivity contribution in [2.45, 2.75) is 6.04 Å². The number of hydrogen-bond donors (Lipinski definition) is 1. The van der Waals surface area contributed by atoms with Crippen LogP contribution < -0.4 is 5.32 Å². The van der Waals surface area contributed by atoms with Crippen LogP contribution in [0.3, 0.4) is 0 Å². The van der Waals surface area contributed by atoms with Crippen LogP contribution in [-0.4, -0.2) is 66.0 Å². The third kappa shape index (κ3) is 2.46. The Morgan fingerprint density at radius 1 is 1.37 bits per heavy atom. The third-order valence-electron chi connectivity index (χ3n) is 3.82. The van der Waals surface area contributed by atoms with Gasteiger partial charge in [-0.25, -0.2) is 4.39 Å². The Bertz CT molecular complexity index is 469. The van der Waals surface area contributed by atoms with Gasteiger partial charge < -0.3 is 10.2 Å². The highest BCUT2D eigenvalue weighted by atomic mass is 19.1. The van der Waals surface area contributed by atoms with Gasteiger partial charge in [-0.1, -0.05) is 0 Å². The minimum Gasteiger partial charge on any atom is -0.335 e. The minimum atomic E-state index is -0.543. The number of piperazine rings is 1. The molecule has 0 bridgehead atoms. The van der Waals surface area contributed by atoms with Gasteiger partial charge in [0.05, 0.1) is 11.8 Å². The Morgan fingerprint density at radius 3 is 2.79 bits per heavy atom. The first-order valence-corrected chi connectivity index (χ1v) is 6.59. The Balaban J connectivity index is 1.58. The van der Waals surface area contributed by atoms with Crippen LogP contribution in [0.25, 0.3) is 0 Å². The molecule has 19 heavy (non-hydrogen) atoms. The van der Waals surface area contributed by atoms with Crippen molar-refractivity contribution in [3.05, 3.63) is 29.8 Å². The maximum absolute atomic E-state index is 13.5. The van der Waals surface area contributed by atoms with E-state index in [0.717, 1.165) is 32.4 Å². The third-order valence-corrected chi connectivity index (χ3v) is 3.82. The number of hydrogen-bond acceptors (Lipinski definition) is 4. The smallest absolute Gasteiger partial charge is 0.257 e. The van der Waals surface area contributed by atoms with Crippen LogP contribution in [-0.2, 0) is 0 Å². The maximum Gasteiger partial charge on any atom is 0.257 e. The minimum absolute atomic E-state index is 0.119. The van der Waals surface area contributed by atoms with E-state index in [2.05, 4.69) is 15.2 Å². The monoisotopic (exact) mass is 264 g/mol. The number of amides is 1. The average Bonchev–Trinajstić information content (AvgIpc) is 2.38. The predicted octanol–water partition coefficient (Wildman–Crippen LogP) is -0.0497. The molecular weight excluding hydrogens is 247 g/mol. The summed E-state index contributed by atoms with van der Waals surface area (Å²) in [6.45, 7) is 5.45. The summed E-state index contributed by atoms with van der Waals surface area (Å²) in [5.41, 5.74) is 0.119. The second kappa shape index (κ2) is 5.22. The summed E-state index contributed by atoms with van der Waals surface area (Å²) in [7, 11) is 0. The molecule has 5 nitrogen and oxygen atoms in total. The molecule has 102 valence electrons. The van der Waals surface area contributed by atoms with E-state index in [4.69, 9.17) is 0 Å². The molecule has 2 saturated heterocycles. The molecule has 1 aromatic rings. The van der Waals surface area contributed by atoms with Crippen molar-refractivity contribution in [2.24, 2.45) is 0 Å². The van der Waals surface area contributed by atoms with Gasteiger partial charge in [0, 0.05) is 51.5 Å². The van der Waals surface area contributed by atoms with E-state index < -0.39 is 5.82 Å². The largest absolute Gasteiger partial charge is 0.335 e. The quantitative estimate of drug-likeness (QED) is 0.813. The summed E-state index contributed by atoms with van der Waals surface area (Å²) in [5.74, 6) is -0.774. The zero-order valence-corrected chi connectivity index (χ0v) is 10.7. The first-order chi connectivity index (χ1) is 9.25. The summed E-state index contributed by atoms with van der Waals surface area (Å²) >= 11 is 0.